The second-order valence-electron chi connectivity index (χ2n) is 9.98. The van der Waals surface area contributed by atoms with Crippen LogP contribution >= 0.6 is 0 Å². The molecule has 0 N–H and O–H groups in total. The highest BCUT2D eigenvalue weighted by Gasteiger charge is 2.54. The Labute approximate surface area is 166 Å². The third-order valence-electron chi connectivity index (χ3n) is 7.57. The Morgan fingerprint density at radius 2 is 1.52 bits per heavy atom. The van der Waals surface area contributed by atoms with E-state index >= 15 is 0 Å². The van der Waals surface area contributed by atoms with Crippen LogP contribution in [0, 0.1) is 35.0 Å². The second-order valence-corrected chi connectivity index (χ2v) is 14.7. The van der Waals surface area contributed by atoms with Crippen LogP contribution < -0.4 is 5.19 Å². The summed E-state index contributed by atoms with van der Waals surface area (Å²) in [5.74, 6) is 9.50. The maximum absolute atomic E-state index is 3.31. The molecular weight excluding hydrogens is 340 g/mol. The summed E-state index contributed by atoms with van der Waals surface area (Å²) in [6, 6.07) is 20.9. The highest BCUT2D eigenvalue weighted by molar-refractivity contribution is 6.89. The zero-order valence-corrected chi connectivity index (χ0v) is 18.3. The van der Waals surface area contributed by atoms with Gasteiger partial charge >= 0.3 is 0 Å². The van der Waals surface area contributed by atoms with Gasteiger partial charge in [0.15, 0.2) is 0 Å². The summed E-state index contributed by atoms with van der Waals surface area (Å²) in [6.07, 6.45) is 4.43. The Morgan fingerprint density at radius 3 is 2.11 bits per heavy atom. The van der Waals surface area contributed by atoms with E-state index in [2.05, 4.69) is 75.2 Å². The second kappa shape index (κ2) is 6.99. The molecule has 140 valence electrons. The van der Waals surface area contributed by atoms with Crippen molar-refractivity contribution in [3.8, 4) is 11.8 Å². The van der Waals surface area contributed by atoms with Crippen molar-refractivity contribution in [1.82, 2.24) is 0 Å². The predicted octanol–water partition coefficient (Wildman–Crippen LogP) is 6.07. The fourth-order valence-electron chi connectivity index (χ4n) is 5.65. The SMILES string of the molecule is CC1(C)C2CCC(C[Si](C)(C)c3ccc(C#Cc4ccccc4)cc3)C1C2. The molecule has 0 aliphatic heterocycles. The Bertz CT molecular complexity index is 847. The summed E-state index contributed by atoms with van der Waals surface area (Å²) in [5, 5.41) is 1.59. The molecule has 2 bridgehead atoms. The number of rotatable bonds is 3. The van der Waals surface area contributed by atoms with Crippen molar-refractivity contribution in [2.24, 2.45) is 23.2 Å². The van der Waals surface area contributed by atoms with Crippen LogP contribution in [-0.2, 0) is 0 Å². The minimum absolute atomic E-state index is 0.601. The Balaban J connectivity index is 1.45. The van der Waals surface area contributed by atoms with Crippen molar-refractivity contribution in [2.45, 2.75) is 52.2 Å². The van der Waals surface area contributed by atoms with Gasteiger partial charge in [0.25, 0.3) is 0 Å². The summed E-state index contributed by atoms with van der Waals surface area (Å²) in [5.41, 5.74) is 2.80. The molecule has 0 spiro atoms. The van der Waals surface area contributed by atoms with E-state index in [0.29, 0.717) is 5.41 Å². The lowest BCUT2D eigenvalue weighted by atomic mass is 9.46. The quantitative estimate of drug-likeness (QED) is 0.453. The molecule has 3 aliphatic carbocycles. The fraction of sp³-hybridized carbons (Fsp3) is 0.462. The molecule has 27 heavy (non-hydrogen) atoms. The maximum atomic E-state index is 3.31. The van der Waals surface area contributed by atoms with Crippen LogP contribution in [0.15, 0.2) is 54.6 Å². The number of benzene rings is 2. The van der Waals surface area contributed by atoms with Gasteiger partial charge in [0.2, 0.25) is 0 Å². The molecule has 3 aliphatic rings. The molecular formula is C26H32Si. The summed E-state index contributed by atoms with van der Waals surface area (Å²) >= 11 is 0. The lowest BCUT2D eigenvalue weighted by molar-refractivity contribution is -0.0990. The minimum atomic E-state index is -1.40. The van der Waals surface area contributed by atoms with E-state index in [1.165, 1.54) is 25.3 Å². The van der Waals surface area contributed by atoms with Crippen molar-refractivity contribution < 1.29 is 0 Å². The standard InChI is InChI=1S/C26H32Si/c1-26(2)23-15-14-22(25(26)18-23)19-27(3,4)24-16-12-21(13-17-24)11-10-20-8-6-5-7-9-20/h5-9,12-13,16-17,22-23,25H,14-15,18-19H2,1-4H3. The zero-order valence-electron chi connectivity index (χ0n) is 17.3. The molecule has 3 unspecified atom stereocenters. The van der Waals surface area contributed by atoms with Crippen LogP contribution in [0.25, 0.3) is 0 Å². The lowest BCUT2D eigenvalue weighted by Gasteiger charge is -2.61. The molecule has 1 heteroatoms. The summed E-state index contributed by atoms with van der Waals surface area (Å²) in [7, 11) is -1.40. The van der Waals surface area contributed by atoms with Crippen molar-refractivity contribution in [3.63, 3.8) is 0 Å². The average molecular weight is 373 g/mol. The third-order valence-corrected chi connectivity index (χ3v) is 11.0. The van der Waals surface area contributed by atoms with Gasteiger partial charge in [-0.15, -0.1) is 0 Å². The monoisotopic (exact) mass is 372 g/mol. The van der Waals surface area contributed by atoms with E-state index in [4.69, 9.17) is 0 Å². The van der Waals surface area contributed by atoms with Gasteiger partial charge in [-0.25, -0.2) is 0 Å². The molecule has 3 fully saturated rings. The third kappa shape index (κ3) is 3.65. The predicted molar refractivity (Wildman–Crippen MR) is 119 cm³/mol. The van der Waals surface area contributed by atoms with Gasteiger partial charge in [-0.05, 0) is 60.3 Å². The first-order valence-electron chi connectivity index (χ1n) is 10.5. The Kier molecular flexibility index (Phi) is 4.81. The molecule has 3 atom stereocenters. The van der Waals surface area contributed by atoms with Crippen LogP contribution in [0.3, 0.4) is 0 Å². The summed E-state index contributed by atoms with van der Waals surface area (Å²) in [6.45, 7) is 10.2. The summed E-state index contributed by atoms with van der Waals surface area (Å²) < 4.78 is 0. The molecule has 2 aromatic rings. The minimum Gasteiger partial charge on any atom is -0.0654 e. The van der Waals surface area contributed by atoms with Gasteiger partial charge in [-0.3, -0.25) is 0 Å². The lowest BCUT2D eigenvalue weighted by Crippen LogP contribution is -2.55. The van der Waals surface area contributed by atoms with E-state index in [9.17, 15) is 0 Å². The average Bonchev–Trinajstić information content (AvgIpc) is 2.67. The van der Waals surface area contributed by atoms with Gasteiger partial charge in [0.05, 0.1) is 8.07 Å². The van der Waals surface area contributed by atoms with E-state index in [-0.39, 0.29) is 0 Å². The van der Waals surface area contributed by atoms with E-state index in [0.717, 1.165) is 28.9 Å². The highest BCUT2D eigenvalue weighted by Crippen LogP contribution is 2.62. The van der Waals surface area contributed by atoms with Crippen LogP contribution in [0.5, 0.6) is 0 Å². The molecule has 3 saturated carbocycles. The first kappa shape index (κ1) is 18.6. The normalized spacial score (nSPS) is 25.9. The van der Waals surface area contributed by atoms with Crippen molar-refractivity contribution in [3.05, 3.63) is 65.7 Å². The van der Waals surface area contributed by atoms with Gasteiger partial charge in [-0.1, -0.05) is 86.8 Å². The molecule has 0 radical (unpaired) electrons. The molecule has 0 amide bonds. The molecule has 5 rings (SSSR count). The molecule has 0 heterocycles. The number of hydrogen-bond acceptors (Lipinski definition) is 0. The van der Waals surface area contributed by atoms with Crippen LogP contribution in [0.1, 0.15) is 44.2 Å². The van der Waals surface area contributed by atoms with Crippen molar-refractivity contribution in [1.29, 1.82) is 0 Å². The Hall–Kier alpha value is -1.78. The maximum Gasteiger partial charge on any atom is 0.0809 e. The summed E-state index contributed by atoms with van der Waals surface area (Å²) in [4.78, 5) is 0. The topological polar surface area (TPSA) is 0 Å². The molecule has 2 aromatic carbocycles. The number of hydrogen-bond donors (Lipinski definition) is 0. The molecule has 0 aromatic heterocycles. The largest absolute Gasteiger partial charge is 0.0809 e. The highest BCUT2D eigenvalue weighted by atomic mass is 28.3. The molecule has 0 nitrogen and oxygen atoms in total. The van der Waals surface area contributed by atoms with Gasteiger partial charge in [0, 0.05) is 11.1 Å². The van der Waals surface area contributed by atoms with Crippen molar-refractivity contribution >= 4 is 13.3 Å². The first-order valence-corrected chi connectivity index (χ1v) is 13.7. The Morgan fingerprint density at radius 1 is 0.889 bits per heavy atom. The van der Waals surface area contributed by atoms with Gasteiger partial charge in [-0.2, -0.15) is 0 Å². The van der Waals surface area contributed by atoms with Crippen molar-refractivity contribution in [2.75, 3.05) is 0 Å². The molecule has 0 saturated heterocycles. The fourth-order valence-corrected chi connectivity index (χ4v) is 8.76. The van der Waals surface area contributed by atoms with E-state index < -0.39 is 8.07 Å². The zero-order chi connectivity index (χ0) is 19.1. The first-order chi connectivity index (χ1) is 12.9. The van der Waals surface area contributed by atoms with Crippen LogP contribution in [-0.4, -0.2) is 8.07 Å². The smallest absolute Gasteiger partial charge is 0.0654 e. The van der Waals surface area contributed by atoms with Crippen LogP contribution in [0.2, 0.25) is 19.1 Å². The van der Waals surface area contributed by atoms with Gasteiger partial charge < -0.3 is 0 Å². The van der Waals surface area contributed by atoms with E-state index in [1.807, 2.05) is 18.2 Å². The number of fused-ring (bicyclic) bond motifs is 2. The van der Waals surface area contributed by atoms with Gasteiger partial charge in [0.1, 0.15) is 0 Å². The van der Waals surface area contributed by atoms with E-state index in [1.54, 1.807) is 5.19 Å². The van der Waals surface area contributed by atoms with Crippen LogP contribution in [0.4, 0.5) is 0 Å².